The first-order valence-corrected chi connectivity index (χ1v) is 13.9. The van der Waals surface area contributed by atoms with Gasteiger partial charge in [-0.3, -0.25) is 14.5 Å². The number of thioether (sulfide) groups is 2. The number of hydrogen-bond acceptors (Lipinski definition) is 13. The van der Waals surface area contributed by atoms with E-state index < -0.39 is 29.2 Å². The molecule has 0 bridgehead atoms. The average molecular weight is 566 g/mol. The van der Waals surface area contributed by atoms with Crippen molar-refractivity contribution in [1.82, 2.24) is 35.4 Å². The van der Waals surface area contributed by atoms with Gasteiger partial charge in [0.15, 0.2) is 10.8 Å². The second kappa shape index (κ2) is 11.7. The molecule has 2 aromatic heterocycles. The van der Waals surface area contributed by atoms with Crippen LogP contribution in [0.5, 0.6) is 0 Å². The number of β-lactam (4-membered cyclic amide) rings is 1. The number of nitrogens with two attached hydrogens (primary N) is 1. The minimum absolute atomic E-state index is 0.0589. The van der Waals surface area contributed by atoms with Gasteiger partial charge in [-0.15, -0.1) is 28.2 Å². The second-order valence-corrected chi connectivity index (χ2v) is 10.6. The number of nitrogen functional groups attached to an aromatic ring is 1. The molecule has 2 amide bonds. The van der Waals surface area contributed by atoms with Gasteiger partial charge >= 0.3 is 5.97 Å². The number of carbonyl (C=O) groups excluding carboxylic acids is 2. The minimum atomic E-state index is -1.22. The summed E-state index contributed by atoms with van der Waals surface area (Å²) in [4.78, 5) is 48.5. The Bertz CT molecular complexity index is 1270. The molecule has 2 aromatic rings. The molecule has 2 atom stereocenters. The Labute approximate surface area is 223 Å². The van der Waals surface area contributed by atoms with Gasteiger partial charge in [-0.2, -0.15) is 0 Å². The summed E-state index contributed by atoms with van der Waals surface area (Å²) in [6, 6.07) is -0.946. The number of anilines is 1. The van der Waals surface area contributed by atoms with Gasteiger partial charge < -0.3 is 21.0 Å². The van der Waals surface area contributed by atoms with Crippen LogP contribution in [-0.2, 0) is 25.8 Å². The number of nitrogens with zero attached hydrogens (tertiary/aromatic N) is 7. The molecule has 17 heteroatoms. The molecule has 0 aliphatic carbocycles. The summed E-state index contributed by atoms with van der Waals surface area (Å²) in [6.07, 6.45) is 2.30. The summed E-state index contributed by atoms with van der Waals surface area (Å²) in [7, 11) is 0. The highest BCUT2D eigenvalue weighted by atomic mass is 32.2. The third-order valence-corrected chi connectivity index (χ3v) is 8.23. The maximum Gasteiger partial charge on any atom is 0.352 e. The van der Waals surface area contributed by atoms with Crippen LogP contribution in [0.3, 0.4) is 0 Å². The third kappa shape index (κ3) is 5.62. The Hall–Kier alpha value is -3.44. The minimum Gasteiger partial charge on any atom is -0.477 e. The number of hydrogen-bond donors (Lipinski definition) is 3. The van der Waals surface area contributed by atoms with Gasteiger partial charge in [0, 0.05) is 23.4 Å². The molecule has 2 aliphatic heterocycles. The Kier molecular flexibility index (Phi) is 8.45. The van der Waals surface area contributed by atoms with Crippen LogP contribution < -0.4 is 11.1 Å². The predicted molar refractivity (Wildman–Crippen MR) is 138 cm³/mol. The first kappa shape index (κ1) is 26.6. The molecular formula is C20H23N9O5S3. The highest BCUT2D eigenvalue weighted by molar-refractivity contribution is 8.01. The number of aryl methyl sites for hydroxylation is 1. The average Bonchev–Trinajstić information content (AvgIpc) is 3.51. The number of thiazole rings is 1. The molecule has 0 saturated carbocycles. The van der Waals surface area contributed by atoms with Crippen LogP contribution in [0.4, 0.5) is 5.13 Å². The molecule has 37 heavy (non-hydrogen) atoms. The predicted octanol–water partition coefficient (Wildman–Crippen LogP) is 0.559. The number of carbonyl (C=O) groups is 3. The zero-order chi connectivity index (χ0) is 26.5. The van der Waals surface area contributed by atoms with Crippen molar-refractivity contribution < 1.29 is 24.3 Å². The van der Waals surface area contributed by atoms with Crippen LogP contribution in [0.25, 0.3) is 0 Å². The molecule has 4 N–H and O–H groups in total. The van der Waals surface area contributed by atoms with E-state index in [1.165, 1.54) is 34.5 Å². The topological polar surface area (TPSA) is 191 Å². The number of aromatic nitrogens is 5. The maximum absolute atomic E-state index is 13.0. The number of carboxylic acids is 1. The van der Waals surface area contributed by atoms with Crippen LogP contribution in [0.2, 0.25) is 0 Å². The van der Waals surface area contributed by atoms with E-state index in [9.17, 15) is 19.5 Å². The van der Waals surface area contributed by atoms with Crippen LogP contribution in [0.15, 0.2) is 39.6 Å². The summed E-state index contributed by atoms with van der Waals surface area (Å²) in [5.74, 6) is -1.79. The van der Waals surface area contributed by atoms with E-state index in [0.29, 0.717) is 28.8 Å². The zero-order valence-electron chi connectivity index (χ0n) is 19.6. The lowest BCUT2D eigenvalue weighted by Crippen LogP contribution is -2.71. The molecule has 0 spiro atoms. The molecule has 0 aromatic carbocycles. The fourth-order valence-corrected chi connectivity index (χ4v) is 6.50. The van der Waals surface area contributed by atoms with Crippen molar-refractivity contribution in [2.75, 3.05) is 23.8 Å². The quantitative estimate of drug-likeness (QED) is 0.0810. The number of fused-ring (bicyclic) bond motifs is 1. The largest absolute Gasteiger partial charge is 0.477 e. The molecule has 196 valence electrons. The Morgan fingerprint density at radius 1 is 1.49 bits per heavy atom. The summed E-state index contributed by atoms with van der Waals surface area (Å²) < 4.78 is 1.65. The lowest BCUT2D eigenvalue weighted by molar-refractivity contribution is -0.150. The van der Waals surface area contributed by atoms with Crippen LogP contribution in [-0.4, -0.2) is 88.2 Å². The van der Waals surface area contributed by atoms with Crippen molar-refractivity contribution in [3.8, 4) is 0 Å². The van der Waals surface area contributed by atoms with Crippen molar-refractivity contribution in [2.24, 2.45) is 5.16 Å². The standard InChI is InChI=1S/C20H23N9O5S3/c1-3-5-28-20(24-26-27-28)37-8-10-7-35-17-13(16(31)29(17)14(10)18(32)33)23-15(30)12(25-34-6-4-2)11-9-36-19(21)22-11/h4,9,13,17H,2-3,5-8H2,1H3,(H2,21,22)(H,23,30)(H,32,33)/b25-12-/t13?,17-/m1/s1. The summed E-state index contributed by atoms with van der Waals surface area (Å²) in [5, 5.41) is 29.7. The van der Waals surface area contributed by atoms with E-state index in [2.05, 4.69) is 37.6 Å². The summed E-state index contributed by atoms with van der Waals surface area (Å²) >= 11 is 3.79. The molecule has 4 rings (SSSR count). The number of aliphatic carboxylic acids is 1. The van der Waals surface area contributed by atoms with Gasteiger partial charge in [-0.05, 0) is 22.4 Å². The van der Waals surface area contributed by atoms with Crippen LogP contribution >= 0.6 is 34.9 Å². The molecular weight excluding hydrogens is 542 g/mol. The van der Waals surface area contributed by atoms with Gasteiger partial charge in [0.2, 0.25) is 5.16 Å². The summed E-state index contributed by atoms with van der Waals surface area (Å²) in [5.41, 5.74) is 6.20. The number of rotatable bonds is 12. The van der Waals surface area contributed by atoms with Crippen molar-refractivity contribution in [3.63, 3.8) is 0 Å². The highest BCUT2D eigenvalue weighted by Crippen LogP contribution is 2.41. The Balaban J connectivity index is 1.48. The van der Waals surface area contributed by atoms with Crippen LogP contribution in [0.1, 0.15) is 19.0 Å². The SMILES string of the molecule is C=CCO/N=C(\C(=O)NC1C(=O)N2C(C(=O)O)=C(CSc3nnnn3CCC)CS[C@H]12)c1csc(N)n1. The van der Waals surface area contributed by atoms with Gasteiger partial charge in [0.1, 0.15) is 29.4 Å². The Morgan fingerprint density at radius 2 is 2.30 bits per heavy atom. The van der Waals surface area contributed by atoms with Crippen molar-refractivity contribution >= 4 is 63.5 Å². The van der Waals surface area contributed by atoms with E-state index in [1.54, 1.807) is 10.1 Å². The van der Waals surface area contributed by atoms with E-state index in [1.807, 2.05) is 6.92 Å². The number of tetrazole rings is 1. The molecule has 4 heterocycles. The lowest BCUT2D eigenvalue weighted by Gasteiger charge is -2.49. The van der Waals surface area contributed by atoms with E-state index in [0.717, 1.165) is 17.8 Å². The highest BCUT2D eigenvalue weighted by Gasteiger charge is 2.54. The third-order valence-electron chi connectivity index (χ3n) is 5.17. The van der Waals surface area contributed by atoms with Crippen LogP contribution in [0, 0.1) is 0 Å². The molecule has 14 nitrogen and oxygen atoms in total. The number of amides is 2. The molecule has 0 radical (unpaired) electrons. The first-order valence-electron chi connectivity index (χ1n) is 11.0. The van der Waals surface area contributed by atoms with Crippen molar-refractivity contribution in [3.05, 3.63) is 35.0 Å². The lowest BCUT2D eigenvalue weighted by atomic mass is 10.0. The molecule has 1 unspecified atom stereocenters. The van der Waals surface area contributed by atoms with Gasteiger partial charge in [-0.1, -0.05) is 36.5 Å². The number of oxime groups is 1. The zero-order valence-corrected chi connectivity index (χ0v) is 22.0. The van der Waals surface area contributed by atoms with Gasteiger partial charge in [-0.25, -0.2) is 14.5 Å². The van der Waals surface area contributed by atoms with Crippen molar-refractivity contribution in [2.45, 2.75) is 36.5 Å². The maximum atomic E-state index is 13.0. The first-order chi connectivity index (χ1) is 17.8. The molecule has 1 saturated heterocycles. The molecule has 1 fully saturated rings. The summed E-state index contributed by atoms with van der Waals surface area (Å²) in [6.45, 7) is 6.22. The number of carboxylic acid groups (broad SMARTS) is 1. The van der Waals surface area contributed by atoms with E-state index in [4.69, 9.17) is 10.6 Å². The smallest absolute Gasteiger partial charge is 0.352 e. The van der Waals surface area contributed by atoms with E-state index >= 15 is 0 Å². The van der Waals surface area contributed by atoms with E-state index in [-0.39, 0.29) is 28.8 Å². The second-order valence-electron chi connectivity index (χ2n) is 7.69. The van der Waals surface area contributed by atoms with Crippen molar-refractivity contribution in [1.29, 1.82) is 0 Å². The molecule has 2 aliphatic rings. The normalized spacial score (nSPS) is 19.3. The fraction of sp³-hybridized carbons (Fsp3) is 0.400. The van der Waals surface area contributed by atoms with Gasteiger partial charge in [0.25, 0.3) is 11.8 Å². The fourth-order valence-electron chi connectivity index (χ4n) is 3.56. The Morgan fingerprint density at radius 3 is 2.97 bits per heavy atom. The van der Waals surface area contributed by atoms with Gasteiger partial charge in [0.05, 0.1) is 0 Å². The number of nitrogens with one attached hydrogen (secondary N) is 1. The monoisotopic (exact) mass is 565 g/mol.